The van der Waals surface area contributed by atoms with E-state index in [-0.39, 0.29) is 91.5 Å². The van der Waals surface area contributed by atoms with Crippen molar-refractivity contribution in [3.8, 4) is 29.0 Å². The second-order valence-electron chi connectivity index (χ2n) is 18.5. The zero-order valence-corrected chi connectivity index (χ0v) is 36.6. The molecule has 13 nitrogen and oxygen atoms in total. The minimum atomic E-state index is -1.01. The van der Waals surface area contributed by atoms with Gasteiger partial charge in [-0.2, -0.15) is 15.2 Å². The van der Waals surface area contributed by atoms with Crippen LogP contribution in [-0.4, -0.2) is 94.9 Å². The average Bonchev–Trinajstić information content (AvgIpc) is 3.80. The predicted molar refractivity (Wildman–Crippen MR) is 227 cm³/mol. The first-order valence-corrected chi connectivity index (χ1v) is 21.8. The van der Waals surface area contributed by atoms with Crippen molar-refractivity contribution in [2.45, 2.75) is 115 Å². The summed E-state index contributed by atoms with van der Waals surface area (Å²) < 4.78 is 71.9. The number of nitrogens with one attached hydrogen (secondary N) is 2. The monoisotopic (exact) mass is 883 g/mol. The van der Waals surface area contributed by atoms with Gasteiger partial charge >= 0.3 is 18.2 Å². The number of carbonyl (C=O) groups is 2. The summed E-state index contributed by atoms with van der Waals surface area (Å²) in [6.07, 6.45) is 2.13. The fourth-order valence-electron chi connectivity index (χ4n) is 9.02. The molecule has 0 unspecified atom stereocenters. The number of ether oxygens (including phenoxy) is 4. The van der Waals surface area contributed by atoms with E-state index in [0.29, 0.717) is 32.4 Å². The van der Waals surface area contributed by atoms with Crippen LogP contribution >= 0.6 is 22.9 Å². The molecule has 2 aromatic carbocycles. The van der Waals surface area contributed by atoms with Gasteiger partial charge in [-0.15, -0.1) is 11.3 Å². The highest BCUT2D eigenvalue weighted by molar-refractivity contribution is 7.23. The van der Waals surface area contributed by atoms with Gasteiger partial charge in [0.2, 0.25) is 0 Å². The Balaban J connectivity index is 1.29. The Labute approximate surface area is 360 Å². The molecular formula is C43H49ClF3N7O6S. The van der Waals surface area contributed by atoms with E-state index >= 15 is 8.78 Å². The summed E-state index contributed by atoms with van der Waals surface area (Å²) in [6, 6.07) is 4.37. The summed E-state index contributed by atoms with van der Waals surface area (Å²) in [7, 11) is 0. The molecule has 2 N–H and O–H groups in total. The highest BCUT2D eigenvalue weighted by Gasteiger charge is 2.50. The fourth-order valence-corrected chi connectivity index (χ4v) is 10.4. The van der Waals surface area contributed by atoms with Crippen molar-refractivity contribution in [1.82, 2.24) is 20.2 Å². The van der Waals surface area contributed by atoms with Gasteiger partial charge in [-0.1, -0.05) is 17.7 Å². The van der Waals surface area contributed by atoms with Crippen molar-refractivity contribution in [2.75, 3.05) is 49.6 Å². The van der Waals surface area contributed by atoms with Gasteiger partial charge in [-0.25, -0.2) is 22.8 Å². The summed E-state index contributed by atoms with van der Waals surface area (Å²) in [5.74, 6) is -1.29. The number of nitrogens with zero attached hydrogens (tertiary/aromatic N) is 5. The minimum absolute atomic E-state index is 0.00455. The van der Waals surface area contributed by atoms with E-state index < -0.39 is 52.3 Å². The fraction of sp³-hybridized carbons (Fsp3) is 0.558. The van der Waals surface area contributed by atoms with Crippen LogP contribution in [0.25, 0.3) is 32.1 Å². The highest BCUT2D eigenvalue weighted by Crippen LogP contribution is 2.51. The van der Waals surface area contributed by atoms with Crippen LogP contribution in [0, 0.1) is 23.0 Å². The van der Waals surface area contributed by atoms with E-state index in [4.69, 9.17) is 35.5 Å². The van der Waals surface area contributed by atoms with Gasteiger partial charge in [0.25, 0.3) is 0 Å². The minimum Gasteiger partial charge on any atom is -0.491 e. The Kier molecular flexibility index (Phi) is 11.1. The maximum Gasteiger partial charge on any atom is 0.412 e. The lowest BCUT2D eigenvalue weighted by Gasteiger charge is -2.46. The topological polar surface area (TPSA) is 151 Å². The number of amides is 2. The van der Waals surface area contributed by atoms with E-state index in [1.165, 1.54) is 6.07 Å². The maximum atomic E-state index is 17.8. The number of aromatic nitrogens is 2. The molecule has 2 aromatic heterocycles. The molecule has 5 heterocycles. The van der Waals surface area contributed by atoms with Crippen LogP contribution in [0.2, 0.25) is 5.02 Å². The molecule has 0 radical (unpaired) electrons. The van der Waals surface area contributed by atoms with Crippen molar-refractivity contribution >= 4 is 66.9 Å². The Morgan fingerprint density at radius 3 is 2.46 bits per heavy atom. The van der Waals surface area contributed by atoms with Crippen LogP contribution in [0.15, 0.2) is 12.1 Å². The number of rotatable bonds is 8. The van der Waals surface area contributed by atoms with Crippen molar-refractivity contribution < 1.29 is 41.7 Å². The normalized spacial score (nSPS) is 21.2. The molecule has 0 spiro atoms. The number of thiophene rings is 1. The molecule has 2 amide bonds. The Hall–Kier alpha value is -4.79. The lowest BCUT2D eigenvalue weighted by Crippen LogP contribution is -2.61. The smallest absolute Gasteiger partial charge is 0.412 e. The van der Waals surface area contributed by atoms with E-state index in [9.17, 15) is 19.2 Å². The third-order valence-electron chi connectivity index (χ3n) is 11.6. The second kappa shape index (κ2) is 15.8. The molecule has 326 valence electrons. The summed E-state index contributed by atoms with van der Waals surface area (Å²) in [5.41, 5.74) is -3.32. The molecule has 3 aliphatic heterocycles. The van der Waals surface area contributed by atoms with Gasteiger partial charge in [0, 0.05) is 37.0 Å². The molecule has 2 atom stereocenters. The number of benzene rings is 2. The van der Waals surface area contributed by atoms with Gasteiger partial charge in [-0.05, 0) is 98.2 Å². The molecule has 0 bridgehead atoms. The van der Waals surface area contributed by atoms with Gasteiger partial charge < -0.3 is 29.2 Å². The number of alkyl halides is 1. The van der Waals surface area contributed by atoms with Crippen LogP contribution in [0.5, 0.6) is 11.8 Å². The number of halogens is 4. The zero-order chi connectivity index (χ0) is 43.6. The van der Waals surface area contributed by atoms with Gasteiger partial charge in [0.05, 0.1) is 38.4 Å². The van der Waals surface area contributed by atoms with Crippen molar-refractivity contribution in [3.63, 3.8) is 0 Å². The standard InChI is InChI=1S/C43H49ClF3N7O6S/c1-40(2,3)59-38(55)51-36-25(19-48)27-24(10-11-26(46)34(27)61-36)28-30(44)33-29-32(31(28)47)49-37(58-22-43-14-8-16-54(43)20-23(45)18-43)50-35(29)53(15-9-17-57-33)21-42(12-7-13-42)52-39(56)60-41(4,5)6/h10-11,23H,7-9,12-18,20-22H2,1-6H3,(H,51,55)(H,52,56)/t23-,43+/m1/s1. The van der Waals surface area contributed by atoms with Crippen LogP contribution < -0.4 is 25.0 Å². The predicted octanol–water partition coefficient (Wildman–Crippen LogP) is 9.65. The van der Waals surface area contributed by atoms with E-state index in [1.807, 2.05) is 4.90 Å². The van der Waals surface area contributed by atoms with Crippen LogP contribution in [0.1, 0.15) is 92.1 Å². The second-order valence-corrected chi connectivity index (χ2v) is 19.9. The molecule has 3 fully saturated rings. The molecular weight excluding hydrogens is 835 g/mol. The lowest BCUT2D eigenvalue weighted by atomic mass is 9.76. The largest absolute Gasteiger partial charge is 0.491 e. The van der Waals surface area contributed by atoms with Crippen LogP contribution in [0.4, 0.5) is 33.6 Å². The average molecular weight is 884 g/mol. The maximum absolute atomic E-state index is 17.8. The number of hydrogen-bond donors (Lipinski definition) is 2. The quantitative estimate of drug-likeness (QED) is 0.174. The van der Waals surface area contributed by atoms with E-state index in [1.54, 1.807) is 41.5 Å². The Morgan fingerprint density at radius 2 is 1.77 bits per heavy atom. The first-order valence-electron chi connectivity index (χ1n) is 20.6. The van der Waals surface area contributed by atoms with Crippen molar-refractivity contribution in [3.05, 3.63) is 34.4 Å². The number of anilines is 2. The highest BCUT2D eigenvalue weighted by atomic mass is 35.5. The first-order chi connectivity index (χ1) is 28.8. The molecule has 2 saturated heterocycles. The summed E-state index contributed by atoms with van der Waals surface area (Å²) >= 11 is 8.02. The summed E-state index contributed by atoms with van der Waals surface area (Å²) in [5, 5.41) is 16.1. The lowest BCUT2D eigenvalue weighted by molar-refractivity contribution is 0.0390. The van der Waals surface area contributed by atoms with Gasteiger partial charge in [0.1, 0.15) is 52.2 Å². The number of hydrogen-bond acceptors (Lipinski definition) is 12. The van der Waals surface area contributed by atoms with E-state index in [2.05, 4.69) is 26.6 Å². The number of fused-ring (bicyclic) bond motifs is 2. The number of nitriles is 1. The molecule has 1 aliphatic carbocycles. The number of carbonyl (C=O) groups excluding carboxylic acids is 2. The molecule has 8 rings (SSSR count). The van der Waals surface area contributed by atoms with Crippen molar-refractivity contribution in [2.24, 2.45) is 0 Å². The van der Waals surface area contributed by atoms with E-state index in [0.717, 1.165) is 43.2 Å². The molecule has 1 saturated carbocycles. The SMILES string of the molecule is CC(C)(C)OC(=O)Nc1sc2c(F)ccc(-c3c(Cl)c4c5c(nc(OC[C@@]67CCCN6C[C@H](F)C7)nc5c3F)N(CC3(NC(=O)OC(C)(C)C)CCC3)CCCO4)c2c1C#N. The zero-order valence-electron chi connectivity index (χ0n) is 35.0. The Morgan fingerprint density at radius 1 is 1.03 bits per heavy atom. The molecule has 18 heteroatoms. The van der Waals surface area contributed by atoms with Crippen LogP contribution in [0.3, 0.4) is 0 Å². The van der Waals surface area contributed by atoms with Crippen LogP contribution in [-0.2, 0) is 9.47 Å². The number of alkyl carbamates (subject to hydrolysis) is 1. The van der Waals surface area contributed by atoms with Crippen molar-refractivity contribution in [1.29, 1.82) is 5.26 Å². The van der Waals surface area contributed by atoms with Gasteiger partial charge in [-0.3, -0.25) is 10.2 Å². The Bertz CT molecular complexity index is 2460. The molecule has 4 aromatic rings. The summed E-state index contributed by atoms with van der Waals surface area (Å²) in [4.78, 5) is 39.6. The third kappa shape index (κ3) is 8.30. The molecule has 61 heavy (non-hydrogen) atoms. The van der Waals surface area contributed by atoms with Gasteiger partial charge in [0.15, 0.2) is 11.6 Å². The third-order valence-corrected chi connectivity index (χ3v) is 13.1. The summed E-state index contributed by atoms with van der Waals surface area (Å²) in [6.45, 7) is 12.4. The molecule has 4 aliphatic rings. The first kappa shape index (κ1) is 42.9.